The Hall–Kier alpha value is -1.28. The topological polar surface area (TPSA) is 12.0 Å². The summed E-state index contributed by atoms with van der Waals surface area (Å²) in [5, 5.41) is 3.40. The van der Waals surface area contributed by atoms with E-state index in [0.29, 0.717) is 0 Å². The van der Waals surface area contributed by atoms with Crippen molar-refractivity contribution in [2.45, 2.75) is 0 Å². The highest BCUT2D eigenvalue weighted by atomic mass is 15.3. The van der Waals surface area contributed by atoms with Crippen LogP contribution in [0.4, 0.5) is 0 Å². The Kier molecular flexibility index (Phi) is 2.30. The molecule has 0 atom stereocenters. The van der Waals surface area contributed by atoms with Crippen molar-refractivity contribution < 1.29 is 4.48 Å². The van der Waals surface area contributed by atoms with Crippen molar-refractivity contribution in [1.82, 2.24) is 5.32 Å². The molecule has 0 radical (unpaired) electrons. The van der Waals surface area contributed by atoms with E-state index in [9.17, 15) is 0 Å². The molecule has 0 amide bonds. The first kappa shape index (κ1) is 9.28. The first-order chi connectivity index (χ1) is 6.70. The summed E-state index contributed by atoms with van der Waals surface area (Å²) in [6.07, 6.45) is 12.9. The molecule has 2 aliphatic rings. The number of allylic oxidation sites excluding steroid dienone is 4. The molecule has 0 bridgehead atoms. The molecule has 0 fully saturated rings. The summed E-state index contributed by atoms with van der Waals surface area (Å²) < 4.78 is 0.920. The summed E-state index contributed by atoms with van der Waals surface area (Å²) in [5.74, 6) is 0. The van der Waals surface area contributed by atoms with E-state index in [-0.39, 0.29) is 0 Å². The molecule has 2 nitrogen and oxygen atoms in total. The van der Waals surface area contributed by atoms with Gasteiger partial charge in [-0.3, -0.25) is 4.48 Å². The molecule has 2 heterocycles. The van der Waals surface area contributed by atoms with E-state index in [1.807, 2.05) is 0 Å². The summed E-state index contributed by atoms with van der Waals surface area (Å²) in [6, 6.07) is 0. The third-order valence-electron chi connectivity index (χ3n) is 2.69. The SMILES string of the molecule is C[N+]1(C)CC=CC=C1C1=CC=CCN1. The quantitative estimate of drug-likeness (QED) is 0.617. The number of hydrogen-bond acceptors (Lipinski definition) is 1. The van der Waals surface area contributed by atoms with Crippen molar-refractivity contribution in [2.75, 3.05) is 27.2 Å². The molecule has 2 heteroatoms. The largest absolute Gasteiger partial charge is 0.377 e. The van der Waals surface area contributed by atoms with Gasteiger partial charge in [-0.25, -0.2) is 0 Å². The van der Waals surface area contributed by atoms with Crippen LogP contribution in [0.25, 0.3) is 0 Å². The van der Waals surface area contributed by atoms with Crippen molar-refractivity contribution in [3.63, 3.8) is 0 Å². The van der Waals surface area contributed by atoms with Crippen LogP contribution in [-0.2, 0) is 0 Å². The molecular weight excluding hydrogens is 172 g/mol. The monoisotopic (exact) mass is 189 g/mol. The third-order valence-corrected chi connectivity index (χ3v) is 2.69. The molecule has 0 aromatic heterocycles. The molecule has 0 saturated carbocycles. The number of rotatable bonds is 1. The van der Waals surface area contributed by atoms with E-state index in [2.05, 4.69) is 55.9 Å². The smallest absolute Gasteiger partial charge is 0.156 e. The lowest BCUT2D eigenvalue weighted by Gasteiger charge is -2.33. The number of nitrogens with zero attached hydrogens (tertiary/aromatic N) is 1. The van der Waals surface area contributed by atoms with E-state index in [0.717, 1.165) is 17.6 Å². The van der Waals surface area contributed by atoms with Gasteiger partial charge in [0.1, 0.15) is 6.54 Å². The van der Waals surface area contributed by atoms with Crippen LogP contribution in [0, 0.1) is 0 Å². The van der Waals surface area contributed by atoms with Crippen molar-refractivity contribution in [2.24, 2.45) is 0 Å². The van der Waals surface area contributed by atoms with E-state index in [1.54, 1.807) is 0 Å². The highest BCUT2D eigenvalue weighted by Crippen LogP contribution is 2.22. The highest BCUT2D eigenvalue weighted by Gasteiger charge is 2.25. The Morgan fingerprint density at radius 2 is 1.93 bits per heavy atom. The fourth-order valence-electron chi connectivity index (χ4n) is 1.84. The Bertz CT molecular complexity index is 343. The third kappa shape index (κ3) is 1.66. The molecule has 0 saturated heterocycles. The molecule has 2 aliphatic heterocycles. The van der Waals surface area contributed by atoms with Crippen LogP contribution in [0.1, 0.15) is 0 Å². The maximum absolute atomic E-state index is 3.40. The molecule has 0 aliphatic carbocycles. The molecule has 14 heavy (non-hydrogen) atoms. The first-order valence-corrected chi connectivity index (χ1v) is 5.01. The molecule has 0 aromatic carbocycles. The average molecular weight is 189 g/mol. The van der Waals surface area contributed by atoms with Gasteiger partial charge in [0, 0.05) is 12.6 Å². The lowest BCUT2D eigenvalue weighted by Crippen LogP contribution is -2.42. The zero-order valence-electron chi connectivity index (χ0n) is 8.83. The molecule has 74 valence electrons. The van der Waals surface area contributed by atoms with Crippen LogP contribution in [0.2, 0.25) is 0 Å². The maximum Gasteiger partial charge on any atom is 0.156 e. The maximum atomic E-state index is 3.40. The number of dihydropyridines is 1. The van der Waals surface area contributed by atoms with Crippen LogP contribution >= 0.6 is 0 Å². The van der Waals surface area contributed by atoms with Gasteiger partial charge in [0.15, 0.2) is 5.70 Å². The minimum atomic E-state index is 0.920. The normalized spacial score (nSPS) is 23.9. The van der Waals surface area contributed by atoms with Gasteiger partial charge in [0.25, 0.3) is 0 Å². The van der Waals surface area contributed by atoms with Gasteiger partial charge < -0.3 is 5.32 Å². The van der Waals surface area contributed by atoms with E-state index in [1.165, 1.54) is 11.4 Å². The van der Waals surface area contributed by atoms with Gasteiger partial charge >= 0.3 is 0 Å². The second-order valence-electron chi connectivity index (χ2n) is 4.24. The van der Waals surface area contributed by atoms with E-state index < -0.39 is 0 Å². The summed E-state index contributed by atoms with van der Waals surface area (Å²) in [7, 11) is 4.46. The lowest BCUT2D eigenvalue weighted by atomic mass is 10.1. The summed E-state index contributed by atoms with van der Waals surface area (Å²) in [6.45, 7) is 2.00. The van der Waals surface area contributed by atoms with Crippen molar-refractivity contribution in [3.8, 4) is 0 Å². The molecule has 0 unspecified atom stereocenters. The number of hydrogen-bond donors (Lipinski definition) is 1. The molecule has 1 N–H and O–H groups in total. The van der Waals surface area contributed by atoms with Crippen molar-refractivity contribution in [1.29, 1.82) is 0 Å². The first-order valence-electron chi connectivity index (χ1n) is 5.01. The van der Waals surface area contributed by atoms with E-state index in [4.69, 9.17) is 0 Å². The Labute approximate surface area is 85.5 Å². The van der Waals surface area contributed by atoms with Gasteiger partial charge in [-0.15, -0.1) is 0 Å². The van der Waals surface area contributed by atoms with Crippen LogP contribution in [-0.4, -0.2) is 31.7 Å². The van der Waals surface area contributed by atoms with Crippen LogP contribution in [0.15, 0.2) is 47.9 Å². The molecule has 0 spiro atoms. The van der Waals surface area contributed by atoms with Gasteiger partial charge in [0.2, 0.25) is 0 Å². The van der Waals surface area contributed by atoms with Gasteiger partial charge in [-0.05, 0) is 12.2 Å². The second-order valence-corrected chi connectivity index (χ2v) is 4.24. The molecule has 2 rings (SSSR count). The van der Waals surface area contributed by atoms with Crippen LogP contribution < -0.4 is 5.32 Å². The Balaban J connectivity index is 2.32. The second kappa shape index (κ2) is 3.46. The van der Waals surface area contributed by atoms with Crippen molar-refractivity contribution in [3.05, 3.63) is 47.9 Å². The van der Waals surface area contributed by atoms with E-state index >= 15 is 0 Å². The van der Waals surface area contributed by atoms with Gasteiger partial charge in [-0.2, -0.15) is 0 Å². The predicted molar refractivity (Wildman–Crippen MR) is 59.4 cm³/mol. The van der Waals surface area contributed by atoms with Crippen LogP contribution in [0.3, 0.4) is 0 Å². The fourth-order valence-corrected chi connectivity index (χ4v) is 1.84. The molecular formula is C12H17N2+. The average Bonchev–Trinajstić information content (AvgIpc) is 2.18. The fraction of sp³-hybridized carbons (Fsp3) is 0.333. The molecule has 0 aromatic rings. The number of quaternary nitrogens is 1. The highest BCUT2D eigenvalue weighted by molar-refractivity contribution is 5.34. The summed E-state index contributed by atoms with van der Waals surface area (Å²) in [4.78, 5) is 0. The Morgan fingerprint density at radius 1 is 1.14 bits per heavy atom. The zero-order chi connectivity index (χ0) is 10.0. The van der Waals surface area contributed by atoms with Crippen molar-refractivity contribution >= 4 is 0 Å². The predicted octanol–water partition coefficient (Wildman–Crippen LogP) is 1.56. The summed E-state index contributed by atoms with van der Waals surface area (Å²) >= 11 is 0. The van der Waals surface area contributed by atoms with Gasteiger partial charge in [-0.1, -0.05) is 18.2 Å². The minimum Gasteiger partial charge on any atom is -0.377 e. The number of likely N-dealkylation sites (N-methyl/N-ethyl adjacent to an activating group) is 1. The standard InChI is InChI=1S/C12H17N2/c1-14(2)10-6-4-8-12(14)11-7-3-5-9-13-11/h3-8,13H,9-10H2,1-2H3/q+1. The lowest BCUT2D eigenvalue weighted by molar-refractivity contribution is -0.844. The number of nitrogens with one attached hydrogen (secondary N) is 1. The summed E-state index contributed by atoms with van der Waals surface area (Å²) in [5.41, 5.74) is 2.61. The van der Waals surface area contributed by atoms with Crippen LogP contribution in [0.5, 0.6) is 0 Å². The minimum absolute atomic E-state index is 0.920. The van der Waals surface area contributed by atoms with Gasteiger partial charge in [0.05, 0.1) is 19.8 Å². The Morgan fingerprint density at radius 3 is 2.57 bits per heavy atom. The zero-order valence-corrected chi connectivity index (χ0v) is 8.83.